The standard InChI is InChI=1S/C26H35N5O/c1-27-26(29-19-24(30-15-7-8-16-30)21-10-3-2-4-11-21)28-18-22-12-5-6-13-23(22)20-31-17-9-14-25(31)32/h2-6,10-13,24H,7-9,14-20H2,1H3,(H2,27,28,29). The van der Waals surface area contributed by atoms with Gasteiger partial charge in [0.2, 0.25) is 5.91 Å². The van der Waals surface area contributed by atoms with Gasteiger partial charge in [0.1, 0.15) is 0 Å². The van der Waals surface area contributed by atoms with Crippen molar-refractivity contribution in [1.29, 1.82) is 0 Å². The van der Waals surface area contributed by atoms with Crippen LogP contribution in [0.3, 0.4) is 0 Å². The van der Waals surface area contributed by atoms with Crippen LogP contribution in [0.15, 0.2) is 59.6 Å². The summed E-state index contributed by atoms with van der Waals surface area (Å²) in [5.74, 6) is 1.07. The maximum absolute atomic E-state index is 12.1. The van der Waals surface area contributed by atoms with Gasteiger partial charge in [-0.15, -0.1) is 0 Å². The Morgan fingerprint density at radius 3 is 2.34 bits per heavy atom. The lowest BCUT2D eigenvalue weighted by Gasteiger charge is -2.29. The van der Waals surface area contributed by atoms with Crippen molar-refractivity contribution in [2.45, 2.75) is 44.8 Å². The highest BCUT2D eigenvalue weighted by Gasteiger charge is 2.24. The summed E-state index contributed by atoms with van der Waals surface area (Å²) in [5.41, 5.74) is 3.75. The van der Waals surface area contributed by atoms with Gasteiger partial charge in [-0.1, -0.05) is 54.6 Å². The van der Waals surface area contributed by atoms with E-state index in [9.17, 15) is 4.79 Å². The maximum Gasteiger partial charge on any atom is 0.222 e. The molecule has 2 aliphatic heterocycles. The number of benzene rings is 2. The van der Waals surface area contributed by atoms with Gasteiger partial charge in [-0.3, -0.25) is 14.7 Å². The number of likely N-dealkylation sites (tertiary alicyclic amines) is 2. The van der Waals surface area contributed by atoms with Crippen LogP contribution in [0.4, 0.5) is 0 Å². The van der Waals surface area contributed by atoms with Crippen LogP contribution < -0.4 is 10.6 Å². The molecule has 1 atom stereocenters. The first kappa shape index (κ1) is 22.3. The van der Waals surface area contributed by atoms with Crippen LogP contribution in [0.25, 0.3) is 0 Å². The summed E-state index contributed by atoms with van der Waals surface area (Å²) in [6, 6.07) is 19.4. The second-order valence-electron chi connectivity index (χ2n) is 8.66. The molecule has 2 N–H and O–H groups in total. The van der Waals surface area contributed by atoms with E-state index >= 15 is 0 Å². The molecule has 2 saturated heterocycles. The molecule has 4 rings (SSSR count). The number of amides is 1. The fourth-order valence-electron chi connectivity index (χ4n) is 4.74. The average Bonchev–Trinajstić information content (AvgIpc) is 3.50. The molecule has 170 valence electrons. The Bertz CT molecular complexity index is 907. The smallest absolute Gasteiger partial charge is 0.222 e. The monoisotopic (exact) mass is 433 g/mol. The zero-order valence-corrected chi connectivity index (χ0v) is 19.1. The van der Waals surface area contributed by atoms with Gasteiger partial charge in [-0.25, -0.2) is 0 Å². The molecule has 1 amide bonds. The summed E-state index contributed by atoms with van der Waals surface area (Å²) < 4.78 is 0. The third-order valence-corrected chi connectivity index (χ3v) is 6.55. The van der Waals surface area contributed by atoms with Gasteiger partial charge in [0.05, 0.1) is 6.04 Å². The Hall–Kier alpha value is -2.86. The lowest BCUT2D eigenvalue weighted by molar-refractivity contribution is -0.128. The number of aliphatic imine (C=N–C) groups is 1. The van der Waals surface area contributed by atoms with Gasteiger partial charge in [0.15, 0.2) is 5.96 Å². The van der Waals surface area contributed by atoms with E-state index in [1.807, 2.05) is 18.0 Å². The van der Waals surface area contributed by atoms with E-state index < -0.39 is 0 Å². The number of carbonyl (C=O) groups is 1. The fraction of sp³-hybridized carbons (Fsp3) is 0.462. The number of rotatable bonds is 8. The highest BCUT2D eigenvalue weighted by Crippen LogP contribution is 2.24. The Morgan fingerprint density at radius 1 is 0.938 bits per heavy atom. The average molecular weight is 434 g/mol. The molecule has 1 unspecified atom stereocenters. The molecule has 2 aromatic carbocycles. The molecule has 0 radical (unpaired) electrons. The predicted octanol–water partition coefficient (Wildman–Crippen LogP) is 3.31. The van der Waals surface area contributed by atoms with Gasteiger partial charge in [0.25, 0.3) is 0 Å². The number of hydrogen-bond donors (Lipinski definition) is 2. The molecule has 0 saturated carbocycles. The lowest BCUT2D eigenvalue weighted by atomic mass is 10.1. The van der Waals surface area contributed by atoms with Crippen molar-refractivity contribution < 1.29 is 4.79 Å². The highest BCUT2D eigenvalue weighted by atomic mass is 16.2. The number of nitrogens with zero attached hydrogens (tertiary/aromatic N) is 3. The van der Waals surface area contributed by atoms with E-state index in [0.717, 1.165) is 38.6 Å². The van der Waals surface area contributed by atoms with E-state index in [1.54, 1.807) is 0 Å². The van der Waals surface area contributed by atoms with Crippen LogP contribution in [0, 0.1) is 0 Å². The quantitative estimate of drug-likeness (QED) is 0.495. The number of hydrogen-bond acceptors (Lipinski definition) is 3. The molecule has 32 heavy (non-hydrogen) atoms. The summed E-state index contributed by atoms with van der Waals surface area (Å²) in [7, 11) is 1.82. The van der Waals surface area contributed by atoms with E-state index in [4.69, 9.17) is 0 Å². The lowest BCUT2D eigenvalue weighted by Crippen LogP contribution is -2.42. The first-order valence-corrected chi connectivity index (χ1v) is 11.8. The zero-order chi connectivity index (χ0) is 22.2. The Balaban J connectivity index is 1.36. The van der Waals surface area contributed by atoms with Gasteiger partial charge in [-0.2, -0.15) is 0 Å². The zero-order valence-electron chi connectivity index (χ0n) is 19.1. The third kappa shape index (κ3) is 5.68. The van der Waals surface area contributed by atoms with Crippen LogP contribution in [0.1, 0.15) is 48.4 Å². The van der Waals surface area contributed by atoms with Crippen molar-refractivity contribution in [2.24, 2.45) is 4.99 Å². The Morgan fingerprint density at radius 2 is 1.66 bits per heavy atom. The minimum Gasteiger partial charge on any atom is -0.354 e. The van der Waals surface area contributed by atoms with Crippen LogP contribution in [-0.2, 0) is 17.9 Å². The van der Waals surface area contributed by atoms with Gasteiger partial charge >= 0.3 is 0 Å². The van der Waals surface area contributed by atoms with Crippen molar-refractivity contribution in [1.82, 2.24) is 20.4 Å². The summed E-state index contributed by atoms with van der Waals surface area (Å²) in [6.07, 6.45) is 4.19. The minimum absolute atomic E-state index is 0.263. The second kappa shape index (κ2) is 11.1. The highest BCUT2D eigenvalue weighted by molar-refractivity contribution is 5.80. The van der Waals surface area contributed by atoms with Crippen molar-refractivity contribution >= 4 is 11.9 Å². The first-order valence-electron chi connectivity index (χ1n) is 11.8. The van der Waals surface area contributed by atoms with Gasteiger partial charge in [0, 0.05) is 39.6 Å². The van der Waals surface area contributed by atoms with Crippen LogP contribution in [0.5, 0.6) is 0 Å². The molecule has 6 nitrogen and oxygen atoms in total. The van der Waals surface area contributed by atoms with E-state index in [2.05, 4.69) is 69.1 Å². The second-order valence-corrected chi connectivity index (χ2v) is 8.66. The topological polar surface area (TPSA) is 60.0 Å². The van der Waals surface area contributed by atoms with Crippen molar-refractivity contribution in [3.8, 4) is 0 Å². The van der Waals surface area contributed by atoms with Crippen LogP contribution in [0.2, 0.25) is 0 Å². The van der Waals surface area contributed by atoms with Crippen molar-refractivity contribution in [3.63, 3.8) is 0 Å². The molecule has 6 heteroatoms. The molecular formula is C26H35N5O. The van der Waals surface area contributed by atoms with E-state index in [-0.39, 0.29) is 5.91 Å². The van der Waals surface area contributed by atoms with Gasteiger partial charge < -0.3 is 15.5 Å². The molecule has 0 spiro atoms. The molecule has 0 aromatic heterocycles. The first-order chi connectivity index (χ1) is 15.7. The molecule has 2 heterocycles. The van der Waals surface area contributed by atoms with Crippen molar-refractivity contribution in [3.05, 3.63) is 71.3 Å². The number of guanidine groups is 1. The Labute approximate surface area is 191 Å². The minimum atomic E-state index is 0.263. The summed E-state index contributed by atoms with van der Waals surface area (Å²) in [4.78, 5) is 21.0. The van der Waals surface area contributed by atoms with E-state index in [0.29, 0.717) is 25.6 Å². The van der Waals surface area contributed by atoms with Crippen LogP contribution >= 0.6 is 0 Å². The predicted molar refractivity (Wildman–Crippen MR) is 129 cm³/mol. The summed E-state index contributed by atoms with van der Waals surface area (Å²) in [5, 5.41) is 7.02. The Kier molecular flexibility index (Phi) is 7.77. The van der Waals surface area contributed by atoms with Gasteiger partial charge in [-0.05, 0) is 49.0 Å². The molecule has 2 fully saturated rings. The summed E-state index contributed by atoms with van der Waals surface area (Å²) in [6.45, 7) is 5.34. The molecule has 0 aliphatic carbocycles. The largest absolute Gasteiger partial charge is 0.354 e. The SMILES string of the molecule is CN=C(NCc1ccccc1CN1CCCC1=O)NCC(c1ccccc1)N1CCCC1. The number of nitrogens with one attached hydrogen (secondary N) is 2. The van der Waals surface area contributed by atoms with Crippen LogP contribution in [-0.4, -0.2) is 54.9 Å². The molecule has 2 aromatic rings. The number of carbonyl (C=O) groups excluding carboxylic acids is 1. The normalized spacial score (nSPS) is 18.2. The molecule has 2 aliphatic rings. The molecule has 0 bridgehead atoms. The van der Waals surface area contributed by atoms with Crippen molar-refractivity contribution in [2.75, 3.05) is 33.2 Å². The summed E-state index contributed by atoms with van der Waals surface area (Å²) >= 11 is 0. The fourth-order valence-corrected chi connectivity index (χ4v) is 4.74. The van der Waals surface area contributed by atoms with E-state index in [1.165, 1.54) is 29.5 Å². The third-order valence-electron chi connectivity index (χ3n) is 6.55. The molecular weight excluding hydrogens is 398 g/mol. The maximum atomic E-state index is 12.1.